The quantitative estimate of drug-likeness (QED) is 0.642. The normalized spacial score (nSPS) is 12.0. The van der Waals surface area contributed by atoms with Gasteiger partial charge in [-0.1, -0.05) is 18.2 Å². The maximum absolute atomic E-state index is 10.5. The molecule has 1 radical (unpaired) electrons. The summed E-state index contributed by atoms with van der Waals surface area (Å²) in [7, 11) is 0. The van der Waals surface area contributed by atoms with E-state index in [2.05, 4.69) is 20.1 Å². The molecule has 1 atom stereocenters. The summed E-state index contributed by atoms with van der Waals surface area (Å²) < 4.78 is 5.38. The molecular formula is C14H17O3. The minimum absolute atomic E-state index is 0.228. The van der Waals surface area contributed by atoms with Gasteiger partial charge in [0.25, 0.3) is 0 Å². The van der Waals surface area contributed by atoms with Crippen molar-refractivity contribution in [1.82, 2.24) is 0 Å². The number of hydrogen-bond acceptors (Lipinski definition) is 2. The van der Waals surface area contributed by atoms with E-state index in [0.29, 0.717) is 5.75 Å². The zero-order valence-electron chi connectivity index (χ0n) is 9.93. The number of ether oxygens (including phenoxy) is 1. The number of carboxylic acids is 1. The number of para-hydroxylation sites is 1. The van der Waals surface area contributed by atoms with Crippen LogP contribution in [0.25, 0.3) is 0 Å². The molecule has 0 spiro atoms. The third-order valence-corrected chi connectivity index (χ3v) is 1.80. The van der Waals surface area contributed by atoms with Crippen molar-refractivity contribution in [2.75, 3.05) is 0 Å². The van der Waals surface area contributed by atoms with Crippen LogP contribution in [0, 0.1) is 6.92 Å². The first-order chi connectivity index (χ1) is 8.09. The summed E-state index contributed by atoms with van der Waals surface area (Å²) in [6, 6.07) is 9.15. The molecule has 0 heterocycles. The Kier molecular flexibility index (Phi) is 7.19. The SMILES string of the molecule is C=C.[CH2]C(C=C(C)C(=O)O)Oc1ccccc1. The summed E-state index contributed by atoms with van der Waals surface area (Å²) in [5.74, 6) is -0.285. The molecule has 0 aliphatic rings. The molecule has 0 saturated carbocycles. The highest BCUT2D eigenvalue weighted by molar-refractivity contribution is 5.85. The molecule has 1 N–H and O–H groups in total. The molecule has 0 saturated heterocycles. The van der Waals surface area contributed by atoms with E-state index in [1.165, 1.54) is 13.0 Å². The van der Waals surface area contributed by atoms with Gasteiger partial charge in [-0.25, -0.2) is 4.79 Å². The lowest BCUT2D eigenvalue weighted by molar-refractivity contribution is -0.132. The molecule has 1 rings (SSSR count). The highest BCUT2D eigenvalue weighted by Gasteiger charge is 2.05. The standard InChI is InChI=1S/C12H13O3.C2H4/c1-9(12(13)14)8-10(2)15-11-6-4-3-5-7-11;1-2/h3-8,10H,2H2,1H3,(H,13,14);1-2H2. The average Bonchev–Trinajstić information content (AvgIpc) is 2.32. The molecule has 17 heavy (non-hydrogen) atoms. The monoisotopic (exact) mass is 233 g/mol. The first-order valence-electron chi connectivity index (χ1n) is 5.06. The smallest absolute Gasteiger partial charge is 0.331 e. The summed E-state index contributed by atoms with van der Waals surface area (Å²) in [6.45, 7) is 11.2. The molecule has 0 aliphatic heterocycles. The number of hydrogen-bond donors (Lipinski definition) is 1. The predicted molar refractivity (Wildman–Crippen MR) is 68.9 cm³/mol. The van der Waals surface area contributed by atoms with Crippen LogP contribution in [-0.2, 0) is 4.79 Å². The van der Waals surface area contributed by atoms with Crippen LogP contribution in [0.4, 0.5) is 0 Å². The maximum Gasteiger partial charge on any atom is 0.331 e. The van der Waals surface area contributed by atoms with Crippen molar-refractivity contribution >= 4 is 5.97 Å². The third kappa shape index (κ3) is 6.20. The second-order valence-corrected chi connectivity index (χ2v) is 3.12. The Labute approximate surface area is 102 Å². The number of carboxylic acid groups (broad SMARTS) is 1. The van der Waals surface area contributed by atoms with Crippen LogP contribution in [0.3, 0.4) is 0 Å². The van der Waals surface area contributed by atoms with Gasteiger partial charge in [-0.05, 0) is 32.1 Å². The molecule has 1 aromatic carbocycles. The largest absolute Gasteiger partial charge is 0.486 e. The molecule has 0 aliphatic carbocycles. The Morgan fingerprint density at radius 3 is 2.35 bits per heavy atom. The van der Waals surface area contributed by atoms with Crippen molar-refractivity contribution in [1.29, 1.82) is 0 Å². The molecule has 3 nitrogen and oxygen atoms in total. The van der Waals surface area contributed by atoms with Crippen molar-refractivity contribution < 1.29 is 14.6 Å². The fraction of sp³-hybridized carbons (Fsp3) is 0.143. The van der Waals surface area contributed by atoms with Gasteiger partial charge in [0.2, 0.25) is 0 Å². The fourth-order valence-corrected chi connectivity index (χ4v) is 1.06. The second-order valence-electron chi connectivity index (χ2n) is 3.12. The molecule has 3 heteroatoms. The number of benzene rings is 1. The van der Waals surface area contributed by atoms with Crippen LogP contribution < -0.4 is 4.74 Å². The summed E-state index contributed by atoms with van der Waals surface area (Å²) in [6.07, 6.45) is 0.971. The van der Waals surface area contributed by atoms with Crippen molar-refractivity contribution in [3.05, 3.63) is 62.1 Å². The first-order valence-corrected chi connectivity index (χ1v) is 5.06. The summed E-state index contributed by atoms with van der Waals surface area (Å²) in [4.78, 5) is 10.5. The lowest BCUT2D eigenvalue weighted by atomic mass is 10.2. The summed E-state index contributed by atoms with van der Waals surface area (Å²) in [5.41, 5.74) is 0.228. The second kappa shape index (κ2) is 8.16. The topological polar surface area (TPSA) is 46.5 Å². The first kappa shape index (κ1) is 15.0. The zero-order valence-corrected chi connectivity index (χ0v) is 9.93. The Hall–Kier alpha value is -2.03. The van der Waals surface area contributed by atoms with Gasteiger partial charge in [0.05, 0.1) is 0 Å². The Morgan fingerprint density at radius 1 is 1.35 bits per heavy atom. The van der Waals surface area contributed by atoms with Crippen molar-refractivity contribution in [3.63, 3.8) is 0 Å². The highest BCUT2D eigenvalue weighted by Crippen LogP contribution is 2.11. The zero-order chi connectivity index (χ0) is 13.3. The minimum Gasteiger partial charge on any atom is -0.486 e. The van der Waals surface area contributed by atoms with Gasteiger partial charge in [0, 0.05) is 5.57 Å². The van der Waals surface area contributed by atoms with E-state index in [1.54, 1.807) is 12.1 Å². The number of rotatable bonds is 4. The average molecular weight is 233 g/mol. The van der Waals surface area contributed by atoms with E-state index in [4.69, 9.17) is 9.84 Å². The van der Waals surface area contributed by atoms with Gasteiger partial charge in [-0.2, -0.15) is 0 Å². The van der Waals surface area contributed by atoms with Crippen molar-refractivity contribution in [2.45, 2.75) is 13.0 Å². The van der Waals surface area contributed by atoms with E-state index in [1.807, 2.05) is 18.2 Å². The number of aliphatic carboxylic acids is 1. The van der Waals surface area contributed by atoms with E-state index >= 15 is 0 Å². The van der Waals surface area contributed by atoms with E-state index < -0.39 is 12.1 Å². The molecular weight excluding hydrogens is 216 g/mol. The van der Waals surface area contributed by atoms with Gasteiger partial charge in [0.15, 0.2) is 0 Å². The Bertz CT molecular complexity index is 368. The van der Waals surface area contributed by atoms with Gasteiger partial charge in [0.1, 0.15) is 11.9 Å². The van der Waals surface area contributed by atoms with E-state index in [0.717, 1.165) is 0 Å². The Balaban J connectivity index is 0.00000121. The van der Waals surface area contributed by atoms with Crippen molar-refractivity contribution in [3.8, 4) is 5.75 Å². The molecule has 1 unspecified atom stereocenters. The van der Waals surface area contributed by atoms with Gasteiger partial charge >= 0.3 is 5.97 Å². The van der Waals surface area contributed by atoms with Gasteiger partial charge < -0.3 is 9.84 Å². The molecule has 91 valence electrons. The summed E-state index contributed by atoms with van der Waals surface area (Å²) >= 11 is 0. The minimum atomic E-state index is -0.958. The van der Waals surface area contributed by atoms with Crippen LogP contribution in [0.1, 0.15) is 6.92 Å². The molecule has 0 amide bonds. The molecule has 0 bridgehead atoms. The van der Waals surface area contributed by atoms with Crippen LogP contribution >= 0.6 is 0 Å². The fourth-order valence-electron chi connectivity index (χ4n) is 1.06. The van der Waals surface area contributed by atoms with Crippen LogP contribution in [0.2, 0.25) is 0 Å². The summed E-state index contributed by atoms with van der Waals surface area (Å²) in [5, 5.41) is 8.65. The van der Waals surface area contributed by atoms with Crippen LogP contribution in [-0.4, -0.2) is 17.2 Å². The number of carbonyl (C=O) groups is 1. The molecule has 0 aromatic heterocycles. The predicted octanol–water partition coefficient (Wildman–Crippen LogP) is 3.10. The van der Waals surface area contributed by atoms with Gasteiger partial charge in [-0.15, -0.1) is 13.2 Å². The molecule has 0 fully saturated rings. The lowest BCUT2D eigenvalue weighted by Gasteiger charge is -2.10. The van der Waals surface area contributed by atoms with Crippen molar-refractivity contribution in [2.24, 2.45) is 0 Å². The van der Waals surface area contributed by atoms with E-state index in [9.17, 15) is 4.79 Å². The van der Waals surface area contributed by atoms with E-state index in [-0.39, 0.29) is 5.57 Å². The van der Waals surface area contributed by atoms with Crippen LogP contribution in [0.5, 0.6) is 5.75 Å². The Morgan fingerprint density at radius 2 is 1.88 bits per heavy atom. The van der Waals surface area contributed by atoms with Gasteiger partial charge in [-0.3, -0.25) is 0 Å². The third-order valence-electron chi connectivity index (χ3n) is 1.80. The lowest BCUT2D eigenvalue weighted by Crippen LogP contribution is -2.11. The molecule has 1 aromatic rings. The van der Waals surface area contributed by atoms with Crippen LogP contribution in [0.15, 0.2) is 55.1 Å². The maximum atomic E-state index is 10.5. The highest BCUT2D eigenvalue weighted by atomic mass is 16.5.